The fourth-order valence-electron chi connectivity index (χ4n) is 5.50. The van der Waals surface area contributed by atoms with Gasteiger partial charge in [-0.15, -0.1) is 0 Å². The Kier molecular flexibility index (Phi) is 4.90. The first-order valence-electron chi connectivity index (χ1n) is 12.2. The van der Waals surface area contributed by atoms with Crippen molar-refractivity contribution < 1.29 is 0 Å². The van der Waals surface area contributed by atoms with Crippen LogP contribution in [-0.2, 0) is 0 Å². The Morgan fingerprint density at radius 2 is 0.972 bits per heavy atom. The molecule has 0 fully saturated rings. The summed E-state index contributed by atoms with van der Waals surface area (Å²) in [5.74, 6) is 0. The van der Waals surface area contributed by atoms with Gasteiger partial charge in [0.25, 0.3) is 0 Å². The molecule has 1 heterocycles. The maximum atomic E-state index is 6.24. The van der Waals surface area contributed by atoms with Crippen molar-refractivity contribution in [3.05, 3.63) is 138 Å². The summed E-state index contributed by atoms with van der Waals surface area (Å²) in [6.07, 6.45) is 0. The van der Waals surface area contributed by atoms with Crippen molar-refractivity contribution >= 4 is 44.2 Å². The van der Waals surface area contributed by atoms with Crippen LogP contribution in [0.1, 0.15) is 0 Å². The number of aromatic nitrogens is 1. The molecule has 6 aromatic carbocycles. The third kappa shape index (κ3) is 3.25. The fraction of sp³-hybridized carbons (Fsp3) is 0. The number of hydrogen-bond donors (Lipinski definition) is 0. The van der Waals surface area contributed by atoms with Gasteiger partial charge in [-0.3, -0.25) is 0 Å². The van der Waals surface area contributed by atoms with Crippen LogP contribution in [0.3, 0.4) is 0 Å². The van der Waals surface area contributed by atoms with Crippen molar-refractivity contribution in [3.63, 3.8) is 0 Å². The number of hydrogen-bond acceptors (Lipinski definition) is 0. The van der Waals surface area contributed by atoms with Crippen LogP contribution in [0.25, 0.3) is 60.5 Å². The van der Waals surface area contributed by atoms with Crippen molar-refractivity contribution in [2.75, 3.05) is 0 Å². The highest BCUT2D eigenvalue weighted by Crippen LogP contribution is 2.41. The second kappa shape index (κ2) is 8.41. The van der Waals surface area contributed by atoms with Crippen LogP contribution in [0.4, 0.5) is 0 Å². The van der Waals surface area contributed by atoms with E-state index in [2.05, 4.69) is 126 Å². The lowest BCUT2D eigenvalue weighted by molar-refractivity contribution is 1.20. The summed E-state index contributed by atoms with van der Waals surface area (Å²) in [5, 5.41) is 5.73. The predicted octanol–water partition coefficient (Wildman–Crippen LogP) is 9.92. The van der Waals surface area contributed by atoms with Gasteiger partial charge in [0.05, 0.1) is 16.7 Å². The largest absolute Gasteiger partial charge is 0.309 e. The van der Waals surface area contributed by atoms with E-state index in [1.807, 2.05) is 12.1 Å². The van der Waals surface area contributed by atoms with Crippen LogP contribution in [0.5, 0.6) is 0 Å². The van der Waals surface area contributed by atoms with Crippen LogP contribution in [-0.4, -0.2) is 4.57 Å². The molecular weight excluding hydrogens is 458 g/mol. The Hall–Kier alpha value is -4.33. The smallest absolute Gasteiger partial charge is 0.0541 e. The van der Waals surface area contributed by atoms with Gasteiger partial charge in [-0.2, -0.15) is 0 Å². The Morgan fingerprint density at radius 1 is 0.417 bits per heavy atom. The van der Waals surface area contributed by atoms with Crippen molar-refractivity contribution in [1.82, 2.24) is 4.57 Å². The molecule has 0 saturated heterocycles. The third-order valence-corrected chi connectivity index (χ3v) is 7.33. The summed E-state index contributed by atoms with van der Waals surface area (Å²) < 4.78 is 2.41. The van der Waals surface area contributed by atoms with Gasteiger partial charge in [-0.1, -0.05) is 115 Å². The lowest BCUT2D eigenvalue weighted by Crippen LogP contribution is -1.97. The van der Waals surface area contributed by atoms with E-state index >= 15 is 0 Å². The minimum atomic E-state index is 0.744. The molecule has 2 heteroatoms. The van der Waals surface area contributed by atoms with Gasteiger partial charge < -0.3 is 4.57 Å². The summed E-state index contributed by atoms with van der Waals surface area (Å²) in [4.78, 5) is 0. The maximum absolute atomic E-state index is 6.24. The van der Waals surface area contributed by atoms with Gasteiger partial charge in [-0.25, -0.2) is 0 Å². The average molecular weight is 480 g/mol. The van der Waals surface area contributed by atoms with Gasteiger partial charge in [0, 0.05) is 21.2 Å². The van der Waals surface area contributed by atoms with Gasteiger partial charge in [0.2, 0.25) is 0 Å². The SMILES string of the molecule is Clc1ccc(-c2cccc3c(-n4c5ccccc5c5ccccc54)ccc(-c4ccccc4)c23)cc1. The van der Waals surface area contributed by atoms with E-state index in [1.54, 1.807) is 0 Å². The summed E-state index contributed by atoms with van der Waals surface area (Å²) in [7, 11) is 0. The Labute approximate surface area is 214 Å². The minimum absolute atomic E-state index is 0.744. The Balaban J connectivity index is 1.63. The molecule has 1 nitrogen and oxygen atoms in total. The quantitative estimate of drug-likeness (QED) is 0.237. The zero-order chi connectivity index (χ0) is 24.1. The van der Waals surface area contributed by atoms with Crippen LogP contribution < -0.4 is 0 Å². The molecule has 0 saturated carbocycles. The molecule has 7 aromatic rings. The van der Waals surface area contributed by atoms with Crippen molar-refractivity contribution in [2.24, 2.45) is 0 Å². The van der Waals surface area contributed by atoms with E-state index in [0.29, 0.717) is 0 Å². The van der Waals surface area contributed by atoms with Gasteiger partial charge >= 0.3 is 0 Å². The molecule has 0 radical (unpaired) electrons. The van der Waals surface area contributed by atoms with Gasteiger partial charge in [-0.05, 0) is 58.0 Å². The lowest BCUT2D eigenvalue weighted by Gasteiger charge is -2.18. The van der Waals surface area contributed by atoms with E-state index in [9.17, 15) is 0 Å². The molecule has 0 N–H and O–H groups in total. The van der Waals surface area contributed by atoms with E-state index in [0.717, 1.165) is 10.6 Å². The molecule has 36 heavy (non-hydrogen) atoms. The second-order valence-corrected chi connectivity index (χ2v) is 9.54. The van der Waals surface area contributed by atoms with Gasteiger partial charge in [0.1, 0.15) is 0 Å². The number of benzene rings is 6. The Morgan fingerprint density at radius 3 is 1.67 bits per heavy atom. The average Bonchev–Trinajstić information content (AvgIpc) is 3.27. The molecular formula is C34H22ClN. The molecule has 0 unspecified atom stereocenters. The summed E-state index contributed by atoms with van der Waals surface area (Å²) in [6, 6.07) is 47.3. The lowest BCUT2D eigenvalue weighted by atomic mass is 9.90. The molecule has 0 aliphatic rings. The maximum Gasteiger partial charge on any atom is 0.0541 e. The van der Waals surface area contributed by atoms with E-state index < -0.39 is 0 Å². The number of rotatable bonds is 3. The first-order valence-corrected chi connectivity index (χ1v) is 12.5. The summed E-state index contributed by atoms with van der Waals surface area (Å²) in [5.41, 5.74) is 8.39. The number of halogens is 1. The van der Waals surface area contributed by atoms with E-state index in [-0.39, 0.29) is 0 Å². The highest BCUT2D eigenvalue weighted by molar-refractivity contribution is 6.30. The van der Waals surface area contributed by atoms with Crippen molar-refractivity contribution in [1.29, 1.82) is 0 Å². The number of nitrogens with zero attached hydrogens (tertiary/aromatic N) is 1. The Bertz CT molecular complexity index is 1830. The molecule has 0 spiro atoms. The molecule has 1 aromatic heterocycles. The summed E-state index contributed by atoms with van der Waals surface area (Å²) >= 11 is 6.24. The van der Waals surface area contributed by atoms with E-state index in [4.69, 9.17) is 11.6 Å². The topological polar surface area (TPSA) is 4.93 Å². The van der Waals surface area contributed by atoms with E-state index in [1.165, 1.54) is 55.0 Å². The zero-order valence-corrected chi connectivity index (χ0v) is 20.3. The molecule has 0 amide bonds. The number of para-hydroxylation sites is 2. The first-order chi connectivity index (χ1) is 17.8. The minimum Gasteiger partial charge on any atom is -0.309 e. The van der Waals surface area contributed by atoms with Crippen LogP contribution in [0.2, 0.25) is 5.02 Å². The molecule has 7 rings (SSSR count). The molecule has 0 aliphatic carbocycles. The molecule has 170 valence electrons. The highest BCUT2D eigenvalue weighted by Gasteiger charge is 2.17. The normalized spacial score (nSPS) is 11.5. The standard InChI is InChI=1S/C34H22ClN/c35-25-19-17-24(18-20-25)26-13-8-14-30-33(22-21-27(34(26)30)23-9-2-1-3-10-23)36-31-15-6-4-11-28(31)29-12-5-7-16-32(29)36/h1-22H. The first kappa shape index (κ1) is 21.0. The van der Waals surface area contributed by atoms with Crippen molar-refractivity contribution in [3.8, 4) is 27.9 Å². The zero-order valence-electron chi connectivity index (χ0n) is 19.5. The van der Waals surface area contributed by atoms with Crippen LogP contribution in [0, 0.1) is 0 Å². The monoisotopic (exact) mass is 479 g/mol. The molecule has 0 aliphatic heterocycles. The number of fused-ring (bicyclic) bond motifs is 4. The predicted molar refractivity (Wildman–Crippen MR) is 154 cm³/mol. The summed E-state index contributed by atoms with van der Waals surface area (Å²) in [6.45, 7) is 0. The molecule has 0 atom stereocenters. The van der Waals surface area contributed by atoms with Crippen molar-refractivity contribution in [2.45, 2.75) is 0 Å². The molecule has 0 bridgehead atoms. The fourth-order valence-corrected chi connectivity index (χ4v) is 5.62. The van der Waals surface area contributed by atoms with Gasteiger partial charge in [0.15, 0.2) is 0 Å². The second-order valence-electron chi connectivity index (χ2n) is 9.10. The van der Waals surface area contributed by atoms with Crippen LogP contribution in [0.15, 0.2) is 133 Å². The highest BCUT2D eigenvalue weighted by atomic mass is 35.5. The van der Waals surface area contributed by atoms with Crippen LogP contribution >= 0.6 is 11.6 Å². The third-order valence-electron chi connectivity index (χ3n) is 7.08.